The molecule has 29 heavy (non-hydrogen) atoms. The smallest absolute Gasteiger partial charge is 0.255 e. The van der Waals surface area contributed by atoms with Crippen LogP contribution in [0.1, 0.15) is 26.3 Å². The van der Waals surface area contributed by atoms with Crippen molar-refractivity contribution in [3.63, 3.8) is 0 Å². The van der Waals surface area contributed by atoms with Crippen molar-refractivity contribution in [2.24, 2.45) is 0 Å². The number of rotatable bonds is 5. The van der Waals surface area contributed by atoms with Gasteiger partial charge in [0.15, 0.2) is 0 Å². The first-order valence-electron chi connectivity index (χ1n) is 8.96. The Kier molecular flexibility index (Phi) is 5.91. The Balaban J connectivity index is 1.63. The molecule has 0 fully saturated rings. The maximum absolute atomic E-state index is 12.4. The SMILES string of the molecule is CN(C)c1ccc(NC(=O)c2ccc(C(=O)Nc3ccc(C#N)cc3)cc2)cc1. The van der Waals surface area contributed by atoms with Gasteiger partial charge in [0.25, 0.3) is 11.8 Å². The highest BCUT2D eigenvalue weighted by Gasteiger charge is 2.10. The second-order valence-corrected chi connectivity index (χ2v) is 6.62. The molecule has 0 atom stereocenters. The zero-order chi connectivity index (χ0) is 20.8. The van der Waals surface area contributed by atoms with Crippen LogP contribution in [0.5, 0.6) is 0 Å². The van der Waals surface area contributed by atoms with Crippen molar-refractivity contribution in [1.82, 2.24) is 0 Å². The van der Waals surface area contributed by atoms with Gasteiger partial charge in [0.05, 0.1) is 11.6 Å². The fourth-order valence-corrected chi connectivity index (χ4v) is 2.65. The molecule has 0 saturated carbocycles. The molecule has 0 heterocycles. The van der Waals surface area contributed by atoms with Crippen LogP contribution in [0.15, 0.2) is 72.8 Å². The number of hydrogen-bond donors (Lipinski definition) is 2. The van der Waals surface area contributed by atoms with E-state index in [1.54, 1.807) is 48.5 Å². The molecule has 0 bridgehead atoms. The van der Waals surface area contributed by atoms with Gasteiger partial charge in [-0.05, 0) is 72.8 Å². The first-order chi connectivity index (χ1) is 14.0. The summed E-state index contributed by atoms with van der Waals surface area (Å²) in [6.07, 6.45) is 0. The number of nitriles is 1. The van der Waals surface area contributed by atoms with Crippen LogP contribution in [0.4, 0.5) is 17.1 Å². The van der Waals surface area contributed by atoms with E-state index in [1.165, 1.54) is 0 Å². The van der Waals surface area contributed by atoms with Crippen LogP contribution < -0.4 is 15.5 Å². The second-order valence-electron chi connectivity index (χ2n) is 6.62. The molecule has 2 N–H and O–H groups in total. The lowest BCUT2D eigenvalue weighted by atomic mass is 10.1. The van der Waals surface area contributed by atoms with E-state index in [0.717, 1.165) is 5.69 Å². The summed E-state index contributed by atoms with van der Waals surface area (Å²) in [6, 6.07) is 22.6. The van der Waals surface area contributed by atoms with Gasteiger partial charge in [-0.3, -0.25) is 9.59 Å². The molecule has 0 aliphatic carbocycles. The summed E-state index contributed by atoms with van der Waals surface area (Å²) in [5, 5.41) is 14.4. The first kappa shape index (κ1) is 19.6. The van der Waals surface area contributed by atoms with Crippen LogP contribution in [0.25, 0.3) is 0 Å². The molecule has 0 aromatic heterocycles. The van der Waals surface area contributed by atoms with Crippen LogP contribution in [0.2, 0.25) is 0 Å². The van der Waals surface area contributed by atoms with Gasteiger partial charge in [0, 0.05) is 42.3 Å². The van der Waals surface area contributed by atoms with Crippen LogP contribution in [0, 0.1) is 11.3 Å². The van der Waals surface area contributed by atoms with Gasteiger partial charge in [0.2, 0.25) is 0 Å². The predicted octanol–water partition coefficient (Wildman–Crippen LogP) is 4.13. The number of benzene rings is 3. The van der Waals surface area contributed by atoms with Crippen molar-refractivity contribution in [1.29, 1.82) is 5.26 Å². The Morgan fingerprint density at radius 3 is 1.52 bits per heavy atom. The number of nitrogens with zero attached hydrogens (tertiary/aromatic N) is 2. The zero-order valence-electron chi connectivity index (χ0n) is 16.1. The average molecular weight is 384 g/mol. The first-order valence-corrected chi connectivity index (χ1v) is 8.96. The summed E-state index contributed by atoms with van der Waals surface area (Å²) in [5.41, 5.74) is 3.74. The summed E-state index contributed by atoms with van der Waals surface area (Å²) in [6.45, 7) is 0. The third-order valence-corrected chi connectivity index (χ3v) is 4.32. The van der Waals surface area contributed by atoms with Gasteiger partial charge in [-0.15, -0.1) is 0 Å². The third kappa shape index (κ3) is 4.99. The Morgan fingerprint density at radius 1 is 0.724 bits per heavy atom. The van der Waals surface area contributed by atoms with Crippen LogP contribution in [-0.4, -0.2) is 25.9 Å². The van der Waals surface area contributed by atoms with E-state index in [4.69, 9.17) is 5.26 Å². The van der Waals surface area contributed by atoms with E-state index in [2.05, 4.69) is 10.6 Å². The number of amides is 2. The fourth-order valence-electron chi connectivity index (χ4n) is 2.65. The number of anilines is 3. The molecule has 6 nitrogen and oxygen atoms in total. The molecule has 3 rings (SSSR count). The van der Waals surface area contributed by atoms with Crippen LogP contribution in [0.3, 0.4) is 0 Å². The van der Waals surface area contributed by atoms with Gasteiger partial charge in [-0.2, -0.15) is 5.26 Å². The standard InChI is InChI=1S/C23H20N4O2/c1-27(2)21-13-11-20(12-14-21)26-23(29)18-7-5-17(6-8-18)22(28)25-19-9-3-16(15-24)4-10-19/h3-14H,1-2H3,(H,25,28)(H,26,29). The third-order valence-electron chi connectivity index (χ3n) is 4.32. The molecule has 0 aliphatic heterocycles. The lowest BCUT2D eigenvalue weighted by molar-refractivity contribution is 0.101. The highest BCUT2D eigenvalue weighted by Crippen LogP contribution is 2.17. The van der Waals surface area contributed by atoms with E-state index in [-0.39, 0.29) is 11.8 Å². The van der Waals surface area contributed by atoms with Crippen molar-refractivity contribution >= 4 is 28.9 Å². The van der Waals surface area contributed by atoms with Gasteiger partial charge >= 0.3 is 0 Å². The number of carbonyl (C=O) groups excluding carboxylic acids is 2. The van der Waals surface area contributed by atoms with Crippen molar-refractivity contribution < 1.29 is 9.59 Å². The van der Waals surface area contributed by atoms with E-state index >= 15 is 0 Å². The van der Waals surface area contributed by atoms with Gasteiger partial charge in [-0.25, -0.2) is 0 Å². The van der Waals surface area contributed by atoms with Gasteiger partial charge in [0.1, 0.15) is 0 Å². The predicted molar refractivity (Wildman–Crippen MR) is 114 cm³/mol. The zero-order valence-corrected chi connectivity index (χ0v) is 16.1. The molecular weight excluding hydrogens is 364 g/mol. The monoisotopic (exact) mass is 384 g/mol. The highest BCUT2D eigenvalue weighted by atomic mass is 16.2. The largest absolute Gasteiger partial charge is 0.378 e. The maximum atomic E-state index is 12.4. The van der Waals surface area contributed by atoms with Crippen molar-refractivity contribution in [2.45, 2.75) is 0 Å². The number of nitrogens with one attached hydrogen (secondary N) is 2. The van der Waals surface area contributed by atoms with Gasteiger partial charge < -0.3 is 15.5 Å². The molecular formula is C23H20N4O2. The summed E-state index contributed by atoms with van der Waals surface area (Å²) in [5.74, 6) is -0.539. The van der Waals surface area contributed by atoms with E-state index < -0.39 is 0 Å². The second kappa shape index (κ2) is 8.72. The Bertz CT molecular complexity index is 1050. The quantitative estimate of drug-likeness (QED) is 0.693. The Morgan fingerprint density at radius 2 is 1.14 bits per heavy atom. The van der Waals surface area contributed by atoms with Gasteiger partial charge in [-0.1, -0.05) is 0 Å². The molecule has 0 unspecified atom stereocenters. The molecule has 0 radical (unpaired) electrons. The topological polar surface area (TPSA) is 85.2 Å². The van der Waals surface area contributed by atoms with E-state index in [0.29, 0.717) is 28.1 Å². The minimum atomic E-state index is -0.291. The minimum absolute atomic E-state index is 0.248. The molecule has 6 heteroatoms. The normalized spacial score (nSPS) is 9.97. The Labute approximate surface area is 169 Å². The number of carbonyl (C=O) groups is 2. The summed E-state index contributed by atoms with van der Waals surface area (Å²) in [7, 11) is 3.90. The van der Waals surface area contributed by atoms with E-state index in [9.17, 15) is 9.59 Å². The molecule has 144 valence electrons. The maximum Gasteiger partial charge on any atom is 0.255 e. The minimum Gasteiger partial charge on any atom is -0.378 e. The molecule has 3 aromatic carbocycles. The summed E-state index contributed by atoms with van der Waals surface area (Å²) >= 11 is 0. The molecule has 3 aromatic rings. The lowest BCUT2D eigenvalue weighted by Crippen LogP contribution is -2.14. The highest BCUT2D eigenvalue weighted by molar-refractivity contribution is 6.07. The molecule has 0 spiro atoms. The number of hydrogen-bond acceptors (Lipinski definition) is 4. The lowest BCUT2D eigenvalue weighted by Gasteiger charge is -2.13. The summed E-state index contributed by atoms with van der Waals surface area (Å²) < 4.78 is 0. The van der Waals surface area contributed by atoms with Crippen molar-refractivity contribution in [3.05, 3.63) is 89.5 Å². The Hall–Kier alpha value is -4.11. The molecule has 2 amide bonds. The van der Waals surface area contributed by atoms with Crippen molar-refractivity contribution in [2.75, 3.05) is 29.6 Å². The van der Waals surface area contributed by atoms with Crippen LogP contribution >= 0.6 is 0 Å². The van der Waals surface area contributed by atoms with E-state index in [1.807, 2.05) is 49.3 Å². The molecule has 0 aliphatic rings. The van der Waals surface area contributed by atoms with Crippen LogP contribution in [-0.2, 0) is 0 Å². The average Bonchev–Trinajstić information content (AvgIpc) is 2.74. The fraction of sp³-hybridized carbons (Fsp3) is 0.0870. The summed E-state index contributed by atoms with van der Waals surface area (Å²) in [4.78, 5) is 26.7. The molecule has 0 saturated heterocycles. The van der Waals surface area contributed by atoms with Crippen molar-refractivity contribution in [3.8, 4) is 6.07 Å².